The Morgan fingerprint density at radius 2 is 1.87 bits per heavy atom. The molecule has 0 radical (unpaired) electrons. The van der Waals surface area contributed by atoms with Crippen molar-refractivity contribution in [1.29, 1.82) is 0 Å². The molecule has 1 fully saturated rings. The largest absolute Gasteiger partial charge is 0.389 e. The van der Waals surface area contributed by atoms with Crippen LogP contribution >= 0.6 is 0 Å². The van der Waals surface area contributed by atoms with Gasteiger partial charge in [0, 0.05) is 13.1 Å². The highest BCUT2D eigenvalue weighted by Gasteiger charge is 2.26. The first kappa shape index (κ1) is 8.55. The molecule has 0 aliphatic carbocycles. The first-order valence-corrected chi connectivity index (χ1v) is 4.85. The van der Waals surface area contributed by atoms with Crippen LogP contribution in [0.2, 0.25) is 0 Å². The number of para-hydroxylation sites is 1. The van der Waals surface area contributed by atoms with Crippen molar-refractivity contribution in [2.45, 2.75) is 6.10 Å². The van der Waals surface area contributed by atoms with Crippen LogP contribution in [0.5, 0.6) is 0 Å². The fourth-order valence-corrected chi connectivity index (χ4v) is 1.62. The predicted octanol–water partition coefficient (Wildman–Crippen LogP) is 0.206. The van der Waals surface area contributed by atoms with Gasteiger partial charge in [0.15, 0.2) is 0 Å². The van der Waals surface area contributed by atoms with Gasteiger partial charge in [0.2, 0.25) is 5.95 Å². The SMILES string of the molecule is OC1CN(c2nnc3ccccc3n2)C1. The maximum atomic E-state index is 9.18. The minimum atomic E-state index is -0.250. The zero-order valence-electron chi connectivity index (χ0n) is 8.04. The van der Waals surface area contributed by atoms with Gasteiger partial charge >= 0.3 is 0 Å². The molecule has 5 heteroatoms. The summed E-state index contributed by atoms with van der Waals surface area (Å²) in [5.74, 6) is 0.596. The fraction of sp³-hybridized carbons (Fsp3) is 0.300. The summed E-state index contributed by atoms with van der Waals surface area (Å²) in [4.78, 5) is 6.28. The Kier molecular flexibility index (Phi) is 1.78. The number of anilines is 1. The Morgan fingerprint density at radius 3 is 2.60 bits per heavy atom. The van der Waals surface area contributed by atoms with E-state index in [4.69, 9.17) is 0 Å². The van der Waals surface area contributed by atoms with Crippen molar-refractivity contribution < 1.29 is 5.11 Å². The number of aliphatic hydroxyl groups is 1. The minimum absolute atomic E-state index is 0.250. The lowest BCUT2D eigenvalue weighted by atomic mass is 10.2. The maximum absolute atomic E-state index is 9.18. The van der Waals surface area contributed by atoms with E-state index in [1.54, 1.807) is 0 Å². The Hall–Kier alpha value is -1.75. The molecule has 76 valence electrons. The quantitative estimate of drug-likeness (QED) is 0.716. The van der Waals surface area contributed by atoms with Crippen molar-refractivity contribution in [3.05, 3.63) is 24.3 Å². The lowest BCUT2D eigenvalue weighted by molar-refractivity contribution is 0.140. The number of β-amino-alcohol motifs (C(OH)–C–C–N with tert-alkyl or cyclic N) is 1. The summed E-state index contributed by atoms with van der Waals surface area (Å²) in [6.07, 6.45) is -0.250. The molecule has 15 heavy (non-hydrogen) atoms. The molecule has 0 saturated carbocycles. The predicted molar refractivity (Wildman–Crippen MR) is 55.6 cm³/mol. The number of fused-ring (bicyclic) bond motifs is 1. The molecule has 1 saturated heterocycles. The van der Waals surface area contributed by atoms with Gasteiger partial charge in [0.1, 0.15) is 5.52 Å². The van der Waals surface area contributed by atoms with Gasteiger partial charge in [0.05, 0.1) is 11.6 Å². The van der Waals surface area contributed by atoms with Crippen LogP contribution in [0.3, 0.4) is 0 Å². The van der Waals surface area contributed by atoms with Crippen LogP contribution in [-0.2, 0) is 0 Å². The molecule has 0 amide bonds. The van der Waals surface area contributed by atoms with Crippen LogP contribution in [-0.4, -0.2) is 39.5 Å². The fourth-order valence-electron chi connectivity index (χ4n) is 1.62. The van der Waals surface area contributed by atoms with Gasteiger partial charge in [-0.15, -0.1) is 10.2 Å². The van der Waals surface area contributed by atoms with E-state index in [0.29, 0.717) is 19.0 Å². The summed E-state index contributed by atoms with van der Waals surface area (Å²) in [5, 5.41) is 17.3. The van der Waals surface area contributed by atoms with Gasteiger partial charge in [-0.05, 0) is 12.1 Å². The molecule has 2 heterocycles. The molecule has 2 aromatic rings. The molecular weight excluding hydrogens is 192 g/mol. The Balaban J connectivity index is 1.99. The van der Waals surface area contributed by atoms with E-state index in [0.717, 1.165) is 11.0 Å². The summed E-state index contributed by atoms with van der Waals surface area (Å²) < 4.78 is 0. The Bertz CT molecular complexity index is 496. The summed E-state index contributed by atoms with van der Waals surface area (Å²) in [5.41, 5.74) is 1.63. The van der Waals surface area contributed by atoms with E-state index in [9.17, 15) is 5.11 Å². The maximum Gasteiger partial charge on any atom is 0.246 e. The number of rotatable bonds is 1. The molecule has 0 bridgehead atoms. The van der Waals surface area contributed by atoms with E-state index in [2.05, 4.69) is 15.2 Å². The summed E-state index contributed by atoms with van der Waals surface area (Å²) in [7, 11) is 0. The second kappa shape index (κ2) is 3.13. The molecule has 0 unspecified atom stereocenters. The molecule has 1 N–H and O–H groups in total. The molecule has 1 aliphatic rings. The van der Waals surface area contributed by atoms with Crippen LogP contribution in [0.15, 0.2) is 24.3 Å². The molecule has 0 spiro atoms. The molecular formula is C10H10N4O. The number of nitrogens with zero attached hydrogens (tertiary/aromatic N) is 4. The Labute approximate surface area is 86.4 Å². The van der Waals surface area contributed by atoms with E-state index >= 15 is 0 Å². The third-order valence-corrected chi connectivity index (χ3v) is 2.49. The number of hydrogen-bond donors (Lipinski definition) is 1. The second-order valence-corrected chi connectivity index (χ2v) is 3.66. The third-order valence-electron chi connectivity index (χ3n) is 2.49. The van der Waals surface area contributed by atoms with Crippen LogP contribution < -0.4 is 4.90 Å². The van der Waals surface area contributed by atoms with E-state index < -0.39 is 0 Å². The summed E-state index contributed by atoms with van der Waals surface area (Å²) >= 11 is 0. The van der Waals surface area contributed by atoms with Crippen LogP contribution in [0.4, 0.5) is 5.95 Å². The van der Waals surface area contributed by atoms with Crippen LogP contribution in [0, 0.1) is 0 Å². The second-order valence-electron chi connectivity index (χ2n) is 3.66. The van der Waals surface area contributed by atoms with Gasteiger partial charge in [-0.25, -0.2) is 4.98 Å². The van der Waals surface area contributed by atoms with Crippen molar-refractivity contribution in [2.75, 3.05) is 18.0 Å². The standard InChI is InChI=1S/C10H10N4O/c15-7-5-14(6-7)10-11-8-3-1-2-4-9(8)12-13-10/h1-4,7,15H,5-6H2. The number of aromatic nitrogens is 3. The van der Waals surface area contributed by atoms with E-state index in [1.165, 1.54) is 0 Å². The average molecular weight is 202 g/mol. The van der Waals surface area contributed by atoms with Gasteiger partial charge in [-0.1, -0.05) is 12.1 Å². The zero-order valence-corrected chi connectivity index (χ0v) is 8.04. The topological polar surface area (TPSA) is 62.1 Å². The first-order valence-electron chi connectivity index (χ1n) is 4.85. The monoisotopic (exact) mass is 202 g/mol. The van der Waals surface area contributed by atoms with E-state index in [1.807, 2.05) is 29.2 Å². The molecule has 1 aromatic carbocycles. The van der Waals surface area contributed by atoms with Crippen molar-refractivity contribution in [3.63, 3.8) is 0 Å². The lowest BCUT2D eigenvalue weighted by Gasteiger charge is -2.35. The number of aliphatic hydroxyl groups excluding tert-OH is 1. The van der Waals surface area contributed by atoms with Gasteiger partial charge in [0.25, 0.3) is 0 Å². The highest BCUT2D eigenvalue weighted by Crippen LogP contribution is 2.17. The molecule has 1 aromatic heterocycles. The number of hydrogen-bond acceptors (Lipinski definition) is 5. The van der Waals surface area contributed by atoms with Crippen molar-refractivity contribution in [2.24, 2.45) is 0 Å². The molecule has 1 aliphatic heterocycles. The van der Waals surface area contributed by atoms with Crippen molar-refractivity contribution in [3.8, 4) is 0 Å². The molecule has 3 rings (SSSR count). The lowest BCUT2D eigenvalue weighted by Crippen LogP contribution is -2.51. The minimum Gasteiger partial charge on any atom is -0.389 e. The van der Waals surface area contributed by atoms with Crippen molar-refractivity contribution in [1.82, 2.24) is 15.2 Å². The molecule has 0 atom stereocenters. The van der Waals surface area contributed by atoms with Gasteiger partial charge < -0.3 is 10.0 Å². The average Bonchev–Trinajstić information content (AvgIpc) is 2.24. The summed E-state index contributed by atoms with van der Waals surface area (Å²) in [6.45, 7) is 1.19. The highest BCUT2D eigenvalue weighted by atomic mass is 16.3. The smallest absolute Gasteiger partial charge is 0.246 e. The van der Waals surface area contributed by atoms with E-state index in [-0.39, 0.29) is 6.10 Å². The van der Waals surface area contributed by atoms with Gasteiger partial charge in [-0.3, -0.25) is 0 Å². The van der Waals surface area contributed by atoms with Crippen LogP contribution in [0.25, 0.3) is 11.0 Å². The van der Waals surface area contributed by atoms with Gasteiger partial charge in [-0.2, -0.15) is 0 Å². The number of benzene rings is 1. The molecule has 5 nitrogen and oxygen atoms in total. The highest BCUT2D eigenvalue weighted by molar-refractivity contribution is 5.74. The third kappa shape index (κ3) is 1.41. The first-order chi connectivity index (χ1) is 7.33. The van der Waals surface area contributed by atoms with Crippen molar-refractivity contribution >= 4 is 17.0 Å². The normalized spacial score (nSPS) is 16.7. The zero-order chi connectivity index (χ0) is 10.3. The van der Waals surface area contributed by atoms with Crippen LogP contribution in [0.1, 0.15) is 0 Å². The summed E-state index contributed by atoms with van der Waals surface area (Å²) in [6, 6.07) is 7.62. The Morgan fingerprint density at radius 1 is 1.13 bits per heavy atom.